The molecule has 2 aromatic rings. The molecule has 0 fully saturated rings. The molecule has 2 aromatic carbocycles. The van der Waals surface area contributed by atoms with Gasteiger partial charge >= 0.3 is 0 Å². The minimum Gasteiger partial charge on any atom is -0.497 e. The van der Waals surface area contributed by atoms with Crippen LogP contribution in [0.1, 0.15) is 39.6 Å². The van der Waals surface area contributed by atoms with Crippen LogP contribution < -0.4 is 4.74 Å². The molecule has 0 radical (unpaired) electrons. The SMILES string of the molecule is CCC(=O)c1cccc(C(=O)c2cccc(OC)c2)c1. The molecule has 102 valence electrons. The van der Waals surface area contributed by atoms with E-state index in [-0.39, 0.29) is 11.6 Å². The fraction of sp³-hybridized carbons (Fsp3) is 0.176. The van der Waals surface area contributed by atoms with Crippen molar-refractivity contribution >= 4 is 11.6 Å². The Morgan fingerprint density at radius 1 is 0.950 bits per heavy atom. The Kier molecular flexibility index (Phi) is 4.31. The summed E-state index contributed by atoms with van der Waals surface area (Å²) in [5, 5.41) is 0. The third-order valence-electron chi connectivity index (χ3n) is 3.10. The molecule has 2 rings (SSSR count). The van der Waals surface area contributed by atoms with Crippen LogP contribution in [0, 0.1) is 0 Å². The van der Waals surface area contributed by atoms with Crippen molar-refractivity contribution in [1.82, 2.24) is 0 Å². The lowest BCUT2D eigenvalue weighted by atomic mass is 9.99. The minimum absolute atomic E-state index is 0.0327. The Labute approximate surface area is 118 Å². The van der Waals surface area contributed by atoms with Gasteiger partial charge in [0.15, 0.2) is 11.6 Å². The lowest BCUT2D eigenvalue weighted by molar-refractivity contribution is 0.0988. The van der Waals surface area contributed by atoms with Crippen LogP contribution in [-0.4, -0.2) is 18.7 Å². The summed E-state index contributed by atoms with van der Waals surface area (Å²) in [6.07, 6.45) is 0.427. The van der Waals surface area contributed by atoms with Crippen molar-refractivity contribution in [2.75, 3.05) is 7.11 Å². The molecule has 0 amide bonds. The van der Waals surface area contributed by atoms with Crippen molar-refractivity contribution in [3.8, 4) is 5.75 Å². The van der Waals surface area contributed by atoms with Gasteiger partial charge in [0.25, 0.3) is 0 Å². The second kappa shape index (κ2) is 6.15. The molecule has 0 saturated heterocycles. The fourth-order valence-corrected chi connectivity index (χ4v) is 1.97. The van der Waals surface area contributed by atoms with E-state index in [1.54, 1.807) is 62.6 Å². The number of hydrogen-bond donors (Lipinski definition) is 0. The predicted molar refractivity (Wildman–Crippen MR) is 77.5 cm³/mol. The van der Waals surface area contributed by atoms with Crippen molar-refractivity contribution < 1.29 is 14.3 Å². The second-order valence-corrected chi connectivity index (χ2v) is 4.42. The van der Waals surface area contributed by atoms with Crippen LogP contribution in [-0.2, 0) is 0 Å². The summed E-state index contributed by atoms with van der Waals surface area (Å²) in [5.74, 6) is 0.552. The molecule has 0 N–H and O–H groups in total. The van der Waals surface area contributed by atoms with Crippen molar-refractivity contribution in [3.63, 3.8) is 0 Å². The Hall–Kier alpha value is -2.42. The summed E-state index contributed by atoms with van der Waals surface area (Å²) >= 11 is 0. The summed E-state index contributed by atoms with van der Waals surface area (Å²) < 4.78 is 5.11. The number of benzene rings is 2. The highest BCUT2D eigenvalue weighted by molar-refractivity contribution is 6.10. The minimum atomic E-state index is -0.116. The third-order valence-corrected chi connectivity index (χ3v) is 3.10. The number of carbonyl (C=O) groups excluding carboxylic acids is 2. The molecule has 0 aromatic heterocycles. The molecule has 0 saturated carbocycles. The van der Waals surface area contributed by atoms with E-state index in [0.717, 1.165) is 0 Å². The molecule has 3 heteroatoms. The summed E-state index contributed by atoms with van der Waals surface area (Å²) in [6.45, 7) is 1.80. The van der Waals surface area contributed by atoms with E-state index in [4.69, 9.17) is 4.74 Å². The number of ketones is 2. The summed E-state index contributed by atoms with van der Waals surface area (Å²) in [5.41, 5.74) is 1.63. The Balaban J connectivity index is 2.35. The van der Waals surface area contributed by atoms with Crippen LogP contribution >= 0.6 is 0 Å². The number of carbonyl (C=O) groups is 2. The Morgan fingerprint density at radius 3 is 2.20 bits per heavy atom. The molecule has 3 nitrogen and oxygen atoms in total. The standard InChI is InChI=1S/C17H16O3/c1-3-16(18)12-6-4-7-13(10-12)17(19)14-8-5-9-15(11-14)20-2/h4-11H,3H2,1-2H3. The summed E-state index contributed by atoms with van der Waals surface area (Å²) in [4.78, 5) is 24.1. The maximum atomic E-state index is 12.4. The highest BCUT2D eigenvalue weighted by Gasteiger charge is 2.12. The molecule has 20 heavy (non-hydrogen) atoms. The average molecular weight is 268 g/mol. The molecule has 0 atom stereocenters. The molecule has 0 unspecified atom stereocenters. The van der Waals surface area contributed by atoms with Crippen molar-refractivity contribution in [3.05, 3.63) is 65.2 Å². The molecule has 0 bridgehead atoms. The van der Waals surface area contributed by atoms with Gasteiger partial charge in [-0.2, -0.15) is 0 Å². The molecule has 0 heterocycles. The number of Topliss-reactive ketones (excluding diaryl/α,β-unsaturated/α-hetero) is 1. The zero-order chi connectivity index (χ0) is 14.5. The van der Waals surface area contributed by atoms with Crippen LogP contribution in [0.5, 0.6) is 5.75 Å². The quantitative estimate of drug-likeness (QED) is 0.779. The zero-order valence-electron chi connectivity index (χ0n) is 11.6. The lowest BCUT2D eigenvalue weighted by Gasteiger charge is -2.05. The second-order valence-electron chi connectivity index (χ2n) is 4.42. The molecule has 0 aliphatic rings. The van der Waals surface area contributed by atoms with E-state index in [1.807, 2.05) is 0 Å². The first-order chi connectivity index (χ1) is 9.65. The van der Waals surface area contributed by atoms with Crippen LogP contribution in [0.25, 0.3) is 0 Å². The van der Waals surface area contributed by atoms with Gasteiger partial charge in [0, 0.05) is 23.1 Å². The van der Waals surface area contributed by atoms with Crippen LogP contribution in [0.3, 0.4) is 0 Å². The largest absolute Gasteiger partial charge is 0.497 e. The third kappa shape index (κ3) is 2.94. The normalized spacial score (nSPS) is 10.1. The van der Waals surface area contributed by atoms with E-state index in [0.29, 0.717) is 28.9 Å². The molecule has 0 aliphatic carbocycles. The number of hydrogen-bond acceptors (Lipinski definition) is 3. The highest BCUT2D eigenvalue weighted by atomic mass is 16.5. The average Bonchev–Trinajstić information content (AvgIpc) is 2.53. The van der Waals surface area contributed by atoms with E-state index < -0.39 is 0 Å². The number of methoxy groups -OCH3 is 1. The molecular weight excluding hydrogens is 252 g/mol. The Bertz CT molecular complexity index is 644. The van der Waals surface area contributed by atoms with Gasteiger partial charge in [0.2, 0.25) is 0 Å². The first kappa shape index (κ1) is 14.0. The summed E-state index contributed by atoms with van der Waals surface area (Å²) in [7, 11) is 1.56. The van der Waals surface area contributed by atoms with Gasteiger partial charge < -0.3 is 4.74 Å². The van der Waals surface area contributed by atoms with Gasteiger partial charge in [-0.1, -0.05) is 37.3 Å². The van der Waals surface area contributed by atoms with E-state index in [2.05, 4.69) is 0 Å². The lowest BCUT2D eigenvalue weighted by Crippen LogP contribution is -2.04. The molecule has 0 spiro atoms. The monoisotopic (exact) mass is 268 g/mol. The molecule has 0 aliphatic heterocycles. The van der Waals surface area contributed by atoms with Gasteiger partial charge in [-0.05, 0) is 18.2 Å². The maximum absolute atomic E-state index is 12.4. The van der Waals surface area contributed by atoms with Crippen molar-refractivity contribution in [2.24, 2.45) is 0 Å². The van der Waals surface area contributed by atoms with Gasteiger partial charge in [-0.3, -0.25) is 9.59 Å². The van der Waals surface area contributed by atoms with Gasteiger partial charge in [0.05, 0.1) is 7.11 Å². The van der Waals surface area contributed by atoms with Gasteiger partial charge in [-0.25, -0.2) is 0 Å². The zero-order valence-corrected chi connectivity index (χ0v) is 11.6. The van der Waals surface area contributed by atoms with Crippen LogP contribution in [0.4, 0.5) is 0 Å². The topological polar surface area (TPSA) is 43.4 Å². The van der Waals surface area contributed by atoms with E-state index in [1.165, 1.54) is 0 Å². The summed E-state index contributed by atoms with van der Waals surface area (Å²) in [6, 6.07) is 13.8. The number of ether oxygens (including phenoxy) is 1. The van der Waals surface area contributed by atoms with Gasteiger partial charge in [0.1, 0.15) is 5.75 Å². The first-order valence-corrected chi connectivity index (χ1v) is 6.47. The highest BCUT2D eigenvalue weighted by Crippen LogP contribution is 2.17. The van der Waals surface area contributed by atoms with Crippen LogP contribution in [0.15, 0.2) is 48.5 Å². The van der Waals surface area contributed by atoms with Crippen molar-refractivity contribution in [2.45, 2.75) is 13.3 Å². The number of rotatable bonds is 5. The maximum Gasteiger partial charge on any atom is 0.193 e. The fourth-order valence-electron chi connectivity index (χ4n) is 1.97. The van der Waals surface area contributed by atoms with E-state index >= 15 is 0 Å². The smallest absolute Gasteiger partial charge is 0.193 e. The predicted octanol–water partition coefficient (Wildman–Crippen LogP) is 3.52. The van der Waals surface area contributed by atoms with E-state index in [9.17, 15) is 9.59 Å². The molecular formula is C17H16O3. The first-order valence-electron chi connectivity index (χ1n) is 6.47. The Morgan fingerprint density at radius 2 is 1.55 bits per heavy atom. The van der Waals surface area contributed by atoms with Crippen molar-refractivity contribution in [1.29, 1.82) is 0 Å². The van der Waals surface area contributed by atoms with Gasteiger partial charge in [-0.15, -0.1) is 0 Å². The van der Waals surface area contributed by atoms with Crippen LogP contribution in [0.2, 0.25) is 0 Å².